The van der Waals surface area contributed by atoms with Gasteiger partial charge in [-0.05, 0) is 42.5 Å². The Labute approximate surface area is 210 Å². The Morgan fingerprint density at radius 3 is 2.12 bits per heavy atom. The van der Waals surface area contributed by atoms with E-state index >= 15 is 0 Å². The summed E-state index contributed by atoms with van der Waals surface area (Å²) in [5.41, 5.74) is -0.981. The van der Waals surface area contributed by atoms with Gasteiger partial charge in [-0.3, -0.25) is 14.3 Å². The van der Waals surface area contributed by atoms with Gasteiger partial charge in [0.1, 0.15) is 18.3 Å². The lowest BCUT2D eigenvalue weighted by atomic mass is 10.1. The van der Waals surface area contributed by atoms with Crippen LogP contribution in [0, 0.1) is 0 Å². The molecule has 1 aliphatic rings. The first-order valence-corrected chi connectivity index (χ1v) is 19.0. The van der Waals surface area contributed by atoms with Crippen molar-refractivity contribution in [3.63, 3.8) is 0 Å². The number of nitrogens with zero attached hydrogens (tertiary/aromatic N) is 1. The highest BCUT2D eigenvalue weighted by Gasteiger charge is 2.52. The van der Waals surface area contributed by atoms with Gasteiger partial charge in [-0.1, -0.05) is 41.5 Å². The highest BCUT2D eigenvalue weighted by atomic mass is 32.2. The quantitative estimate of drug-likeness (QED) is 0.368. The van der Waals surface area contributed by atoms with Crippen molar-refractivity contribution in [2.75, 3.05) is 18.8 Å². The van der Waals surface area contributed by atoms with Crippen LogP contribution in [0.5, 0.6) is 0 Å². The molecule has 1 aromatic heterocycles. The van der Waals surface area contributed by atoms with Crippen molar-refractivity contribution in [2.45, 2.75) is 102 Å². The van der Waals surface area contributed by atoms with Gasteiger partial charge in [0.15, 0.2) is 22.9 Å². The lowest BCUT2D eigenvalue weighted by Crippen LogP contribution is -2.51. The molecule has 2 rings (SSSR count). The molecule has 11 heteroatoms. The Balaban J connectivity index is 2.49. The second-order valence-electron chi connectivity index (χ2n) is 12.0. The number of hydrogen-bond acceptors (Lipinski definition) is 7. The summed E-state index contributed by atoms with van der Waals surface area (Å²) < 4.78 is 27.5. The second kappa shape index (κ2) is 10.7. The maximum atomic E-state index is 12.7. The van der Waals surface area contributed by atoms with E-state index in [2.05, 4.69) is 72.7 Å². The maximum Gasteiger partial charge on any atom is 0.330 e. The van der Waals surface area contributed by atoms with Gasteiger partial charge in [0.2, 0.25) is 0 Å². The Morgan fingerprint density at radius 2 is 1.62 bits per heavy atom. The Kier molecular flexibility index (Phi) is 9.32. The molecule has 0 amide bonds. The molecule has 0 radical (unpaired) electrons. The molecule has 2 heterocycles. The molecule has 8 nitrogen and oxygen atoms in total. The van der Waals surface area contributed by atoms with Crippen LogP contribution in [0.4, 0.5) is 0 Å². The summed E-state index contributed by atoms with van der Waals surface area (Å²) in [6, 6.07) is 1.32. The van der Waals surface area contributed by atoms with Crippen LogP contribution in [0.1, 0.15) is 47.8 Å². The average molecular weight is 533 g/mol. The molecule has 0 bridgehead atoms. The molecule has 1 unspecified atom stereocenters. The van der Waals surface area contributed by atoms with Crippen LogP contribution >= 0.6 is 11.8 Å². The van der Waals surface area contributed by atoms with Crippen LogP contribution in [-0.4, -0.2) is 63.3 Å². The molecule has 1 aliphatic heterocycles. The van der Waals surface area contributed by atoms with Gasteiger partial charge in [-0.2, -0.15) is 0 Å². The van der Waals surface area contributed by atoms with E-state index in [4.69, 9.17) is 18.3 Å². The number of thioether (sulfide) groups is 1. The monoisotopic (exact) mass is 532 g/mol. The summed E-state index contributed by atoms with van der Waals surface area (Å²) in [7, 11) is -4.30. The van der Waals surface area contributed by atoms with Crippen molar-refractivity contribution in [3.05, 3.63) is 33.1 Å². The molecule has 0 saturated carbocycles. The largest absolute Gasteiger partial charge is 0.414 e. The SMILES string of the molecule is CSCO[C@@H]1C(O[Si](C)(C)C(C)(C)C)[C@H](n2ccc(=O)[nH]c2=O)O[C@@H]1CO[Si](C)(C)C(C)(C)C. The molecule has 0 aromatic carbocycles. The van der Waals surface area contributed by atoms with Crippen LogP contribution in [-0.2, 0) is 18.3 Å². The molecule has 0 aliphatic carbocycles. The van der Waals surface area contributed by atoms with Crippen molar-refractivity contribution in [3.8, 4) is 0 Å². The zero-order valence-electron chi connectivity index (χ0n) is 22.7. The van der Waals surface area contributed by atoms with Gasteiger partial charge in [0.05, 0.1) is 12.5 Å². The summed E-state index contributed by atoms with van der Waals surface area (Å²) in [6.45, 7) is 22.2. The Hall–Kier alpha value is -0.696. The third kappa shape index (κ3) is 6.74. The van der Waals surface area contributed by atoms with Gasteiger partial charge >= 0.3 is 5.69 Å². The third-order valence-corrected chi connectivity index (χ3v) is 16.8. The molecule has 1 fully saturated rings. The third-order valence-electron chi connectivity index (χ3n) is 7.44. The van der Waals surface area contributed by atoms with Crippen molar-refractivity contribution in [2.24, 2.45) is 0 Å². The Morgan fingerprint density at radius 1 is 1.03 bits per heavy atom. The fourth-order valence-electron chi connectivity index (χ4n) is 3.19. The zero-order valence-corrected chi connectivity index (χ0v) is 25.5. The number of rotatable bonds is 9. The standard InChI is InChI=1S/C23H44N2O6SSi2/c1-22(2,3)33(8,9)29-14-16-18(28-15-32-7)19(31-34(10,11)23(4,5)6)20(30-16)25-13-12-17(26)24-21(25)27/h12-13,16,18-20H,14-15H2,1-11H3,(H,24,26,27)/t16-,18+,19?,20-/m1/s1. The number of aromatic amines is 1. The van der Waals surface area contributed by atoms with E-state index in [1.54, 1.807) is 11.8 Å². The summed E-state index contributed by atoms with van der Waals surface area (Å²) in [5.74, 6) is 0.467. The molecule has 1 saturated heterocycles. The van der Waals surface area contributed by atoms with Gasteiger partial charge < -0.3 is 18.3 Å². The minimum absolute atomic E-state index is 0.0483. The number of nitrogens with one attached hydrogen (secondary N) is 1. The normalized spacial score (nSPS) is 24.6. The molecule has 0 spiro atoms. The minimum Gasteiger partial charge on any atom is -0.414 e. The first-order chi connectivity index (χ1) is 15.4. The Bertz CT molecular complexity index is 935. The van der Waals surface area contributed by atoms with E-state index in [1.807, 2.05) is 6.26 Å². The molecule has 196 valence electrons. The second-order valence-corrected chi connectivity index (χ2v) is 22.4. The lowest BCUT2D eigenvalue weighted by Gasteiger charge is -2.41. The molecular weight excluding hydrogens is 489 g/mol. The summed E-state index contributed by atoms with van der Waals surface area (Å²) in [5, 5.41) is 0.000814. The minimum atomic E-state index is -2.26. The van der Waals surface area contributed by atoms with E-state index in [1.165, 1.54) is 16.8 Å². The van der Waals surface area contributed by atoms with Gasteiger partial charge in [0, 0.05) is 12.3 Å². The first kappa shape index (κ1) is 29.5. The number of hydrogen-bond donors (Lipinski definition) is 1. The summed E-state index contributed by atoms with van der Waals surface area (Å²) in [6.07, 6.45) is 1.35. The van der Waals surface area contributed by atoms with Gasteiger partial charge in [-0.25, -0.2) is 4.79 Å². The highest BCUT2D eigenvalue weighted by molar-refractivity contribution is 7.98. The number of aromatic nitrogens is 2. The molecule has 4 atom stereocenters. The van der Waals surface area contributed by atoms with Crippen LogP contribution < -0.4 is 11.2 Å². The van der Waals surface area contributed by atoms with E-state index < -0.39 is 52.4 Å². The molecule has 34 heavy (non-hydrogen) atoms. The predicted molar refractivity (Wildman–Crippen MR) is 144 cm³/mol. The van der Waals surface area contributed by atoms with Crippen LogP contribution in [0.2, 0.25) is 36.3 Å². The zero-order chi connectivity index (χ0) is 26.1. The van der Waals surface area contributed by atoms with Crippen molar-refractivity contribution < 1.29 is 18.3 Å². The fraction of sp³-hybridized carbons (Fsp3) is 0.826. The van der Waals surface area contributed by atoms with Crippen molar-refractivity contribution in [1.82, 2.24) is 9.55 Å². The number of ether oxygens (including phenoxy) is 2. The molecule has 1 aromatic rings. The molecular formula is C23H44N2O6SSi2. The van der Waals surface area contributed by atoms with Crippen LogP contribution in [0.3, 0.4) is 0 Å². The van der Waals surface area contributed by atoms with Gasteiger partial charge in [-0.15, -0.1) is 11.8 Å². The lowest BCUT2D eigenvalue weighted by molar-refractivity contribution is -0.0548. The first-order valence-electron chi connectivity index (χ1n) is 11.8. The summed E-state index contributed by atoms with van der Waals surface area (Å²) >= 11 is 1.58. The van der Waals surface area contributed by atoms with E-state index in [-0.39, 0.29) is 10.1 Å². The van der Waals surface area contributed by atoms with Crippen molar-refractivity contribution in [1.29, 1.82) is 0 Å². The topological polar surface area (TPSA) is 91.8 Å². The van der Waals surface area contributed by atoms with E-state index in [0.717, 1.165) is 0 Å². The fourth-order valence-corrected chi connectivity index (χ4v) is 5.78. The average Bonchev–Trinajstić information content (AvgIpc) is 2.99. The highest BCUT2D eigenvalue weighted by Crippen LogP contribution is 2.43. The maximum absolute atomic E-state index is 12.7. The predicted octanol–water partition coefficient (Wildman–Crippen LogP) is 4.55. The van der Waals surface area contributed by atoms with Crippen LogP contribution in [0.25, 0.3) is 0 Å². The van der Waals surface area contributed by atoms with Gasteiger partial charge in [0.25, 0.3) is 5.56 Å². The van der Waals surface area contributed by atoms with E-state index in [9.17, 15) is 9.59 Å². The number of H-pyrrole nitrogens is 1. The summed E-state index contributed by atoms with van der Waals surface area (Å²) in [4.78, 5) is 26.8. The molecule has 1 N–H and O–H groups in total. The van der Waals surface area contributed by atoms with Crippen molar-refractivity contribution >= 4 is 28.4 Å². The van der Waals surface area contributed by atoms with E-state index in [0.29, 0.717) is 12.5 Å². The smallest absolute Gasteiger partial charge is 0.330 e. The van der Waals surface area contributed by atoms with Crippen LogP contribution in [0.15, 0.2) is 21.9 Å².